The lowest BCUT2D eigenvalue weighted by Gasteiger charge is -2.30. The summed E-state index contributed by atoms with van der Waals surface area (Å²) >= 11 is 0. The number of carbonyl (C=O) groups is 1. The predicted molar refractivity (Wildman–Crippen MR) is 68.9 cm³/mol. The number of rotatable bonds is 6. The van der Waals surface area contributed by atoms with Gasteiger partial charge in [0.25, 0.3) is 0 Å². The van der Waals surface area contributed by atoms with Crippen molar-refractivity contribution in [3.63, 3.8) is 0 Å². The molecule has 0 aliphatic carbocycles. The molecule has 0 unspecified atom stereocenters. The number of hydrogen-bond acceptors (Lipinski definition) is 4. The van der Waals surface area contributed by atoms with Crippen molar-refractivity contribution in [2.75, 3.05) is 45.9 Å². The first-order valence-electron chi connectivity index (χ1n) is 6.61. The number of morpholine rings is 1. The highest BCUT2D eigenvalue weighted by molar-refractivity contribution is 5.78. The fraction of sp³-hybridized carbons (Fsp3) is 0.846. The van der Waals surface area contributed by atoms with Crippen LogP contribution < -0.4 is 0 Å². The molecule has 5 heteroatoms. The lowest BCUT2D eigenvalue weighted by molar-refractivity contribution is -0.134. The normalized spacial score (nSPS) is 16.6. The third kappa shape index (κ3) is 5.03. The Morgan fingerprint density at radius 2 is 2.06 bits per heavy atom. The highest BCUT2D eigenvalue weighted by atomic mass is 16.5. The maximum atomic E-state index is 12.0. The van der Waals surface area contributed by atoms with Crippen molar-refractivity contribution < 1.29 is 9.53 Å². The van der Waals surface area contributed by atoms with Gasteiger partial charge in [0.05, 0.1) is 25.7 Å². The summed E-state index contributed by atoms with van der Waals surface area (Å²) in [6, 6.07) is 2.10. The second-order valence-electron chi connectivity index (χ2n) is 4.84. The molecular formula is C13H23N3O2. The zero-order valence-corrected chi connectivity index (χ0v) is 11.4. The van der Waals surface area contributed by atoms with Crippen LogP contribution in [0.2, 0.25) is 0 Å². The van der Waals surface area contributed by atoms with Gasteiger partial charge >= 0.3 is 0 Å². The standard InChI is InChI=1S/C13H23N3O2/c1-12(2)13(17)16(5-3-4-14)7-6-15-8-10-18-11-9-15/h12H,3,5-11H2,1-2H3. The molecule has 0 radical (unpaired) electrons. The minimum absolute atomic E-state index is 0.00613. The van der Waals surface area contributed by atoms with Crippen LogP contribution in [0, 0.1) is 17.2 Å². The molecule has 1 amide bonds. The Balaban J connectivity index is 2.39. The molecule has 0 aromatic heterocycles. The number of nitriles is 1. The minimum atomic E-state index is -0.00613. The molecular weight excluding hydrogens is 230 g/mol. The Morgan fingerprint density at radius 1 is 1.39 bits per heavy atom. The highest BCUT2D eigenvalue weighted by Gasteiger charge is 2.18. The average Bonchev–Trinajstić information content (AvgIpc) is 2.39. The van der Waals surface area contributed by atoms with Crippen LogP contribution in [0.5, 0.6) is 0 Å². The van der Waals surface area contributed by atoms with E-state index in [0.717, 1.165) is 32.8 Å². The van der Waals surface area contributed by atoms with Crippen molar-refractivity contribution >= 4 is 5.91 Å². The van der Waals surface area contributed by atoms with Gasteiger partial charge in [-0.1, -0.05) is 13.8 Å². The van der Waals surface area contributed by atoms with Crippen LogP contribution >= 0.6 is 0 Å². The van der Waals surface area contributed by atoms with Gasteiger partial charge < -0.3 is 9.64 Å². The molecule has 0 aromatic carbocycles. The number of hydrogen-bond donors (Lipinski definition) is 0. The molecule has 1 heterocycles. The molecule has 1 aliphatic heterocycles. The van der Waals surface area contributed by atoms with Crippen LogP contribution in [-0.4, -0.2) is 61.6 Å². The van der Waals surface area contributed by atoms with Gasteiger partial charge in [0.1, 0.15) is 0 Å². The second kappa shape index (κ2) is 8.06. The van der Waals surface area contributed by atoms with Gasteiger partial charge in [0, 0.05) is 38.6 Å². The maximum Gasteiger partial charge on any atom is 0.225 e. The molecule has 1 saturated heterocycles. The third-order valence-electron chi connectivity index (χ3n) is 3.09. The molecule has 0 spiro atoms. The van der Waals surface area contributed by atoms with Crippen LogP contribution in [0.15, 0.2) is 0 Å². The van der Waals surface area contributed by atoms with Crippen LogP contribution in [0.4, 0.5) is 0 Å². The van der Waals surface area contributed by atoms with Crippen LogP contribution in [0.3, 0.4) is 0 Å². The molecule has 0 atom stereocenters. The van der Waals surface area contributed by atoms with E-state index in [9.17, 15) is 4.79 Å². The van der Waals surface area contributed by atoms with Gasteiger partial charge in [-0.25, -0.2) is 0 Å². The topological polar surface area (TPSA) is 56.6 Å². The van der Waals surface area contributed by atoms with E-state index in [0.29, 0.717) is 19.5 Å². The van der Waals surface area contributed by atoms with Crippen LogP contribution in [-0.2, 0) is 9.53 Å². The summed E-state index contributed by atoms with van der Waals surface area (Å²) in [7, 11) is 0. The number of ether oxygens (including phenoxy) is 1. The van der Waals surface area contributed by atoms with E-state index in [4.69, 9.17) is 10.00 Å². The lowest BCUT2D eigenvalue weighted by atomic mass is 10.2. The van der Waals surface area contributed by atoms with E-state index in [-0.39, 0.29) is 11.8 Å². The quantitative estimate of drug-likeness (QED) is 0.700. The Bertz CT molecular complexity index is 293. The molecule has 0 aromatic rings. The predicted octanol–water partition coefficient (Wildman–Crippen LogP) is 0.717. The van der Waals surface area contributed by atoms with Crippen molar-refractivity contribution in [1.82, 2.24) is 9.80 Å². The summed E-state index contributed by atoms with van der Waals surface area (Å²) in [6.07, 6.45) is 0.404. The maximum absolute atomic E-state index is 12.0. The van der Waals surface area contributed by atoms with E-state index >= 15 is 0 Å². The van der Waals surface area contributed by atoms with Gasteiger partial charge in [-0.3, -0.25) is 9.69 Å². The summed E-state index contributed by atoms with van der Waals surface area (Å²) in [5, 5.41) is 8.64. The van der Waals surface area contributed by atoms with E-state index in [2.05, 4.69) is 11.0 Å². The summed E-state index contributed by atoms with van der Waals surface area (Å²) in [5.41, 5.74) is 0. The Morgan fingerprint density at radius 3 is 2.61 bits per heavy atom. The Labute approximate surface area is 109 Å². The van der Waals surface area contributed by atoms with Gasteiger partial charge in [-0.2, -0.15) is 5.26 Å². The summed E-state index contributed by atoms with van der Waals surface area (Å²) in [6.45, 7) is 9.33. The summed E-state index contributed by atoms with van der Waals surface area (Å²) < 4.78 is 5.29. The fourth-order valence-corrected chi connectivity index (χ4v) is 1.97. The zero-order chi connectivity index (χ0) is 13.4. The molecule has 1 fully saturated rings. The van der Waals surface area contributed by atoms with Gasteiger partial charge in [0.15, 0.2) is 0 Å². The van der Waals surface area contributed by atoms with Gasteiger partial charge in [-0.05, 0) is 0 Å². The second-order valence-corrected chi connectivity index (χ2v) is 4.84. The van der Waals surface area contributed by atoms with Crippen molar-refractivity contribution in [1.29, 1.82) is 5.26 Å². The largest absolute Gasteiger partial charge is 0.379 e. The first-order chi connectivity index (χ1) is 8.65. The number of nitrogens with zero attached hydrogens (tertiary/aromatic N) is 3. The molecule has 18 heavy (non-hydrogen) atoms. The van der Waals surface area contributed by atoms with E-state index in [1.54, 1.807) is 0 Å². The Hall–Kier alpha value is -1.12. The lowest BCUT2D eigenvalue weighted by Crippen LogP contribution is -2.44. The number of carbonyl (C=O) groups excluding carboxylic acids is 1. The number of amides is 1. The molecule has 102 valence electrons. The molecule has 0 N–H and O–H groups in total. The third-order valence-corrected chi connectivity index (χ3v) is 3.09. The molecule has 0 bridgehead atoms. The fourth-order valence-electron chi connectivity index (χ4n) is 1.97. The van der Waals surface area contributed by atoms with E-state index in [1.807, 2.05) is 18.7 Å². The average molecular weight is 253 g/mol. The van der Waals surface area contributed by atoms with E-state index in [1.165, 1.54) is 0 Å². The van der Waals surface area contributed by atoms with Crippen molar-refractivity contribution in [2.45, 2.75) is 20.3 Å². The van der Waals surface area contributed by atoms with Crippen molar-refractivity contribution in [2.24, 2.45) is 5.92 Å². The van der Waals surface area contributed by atoms with Crippen LogP contribution in [0.25, 0.3) is 0 Å². The van der Waals surface area contributed by atoms with E-state index < -0.39 is 0 Å². The first-order valence-corrected chi connectivity index (χ1v) is 6.61. The molecule has 1 rings (SSSR count). The smallest absolute Gasteiger partial charge is 0.225 e. The minimum Gasteiger partial charge on any atom is -0.379 e. The molecule has 0 saturated carbocycles. The van der Waals surface area contributed by atoms with Gasteiger partial charge in [0.2, 0.25) is 5.91 Å². The molecule has 5 nitrogen and oxygen atoms in total. The SMILES string of the molecule is CC(C)C(=O)N(CCC#N)CCN1CCOCC1. The molecule has 1 aliphatic rings. The van der Waals surface area contributed by atoms with Gasteiger partial charge in [-0.15, -0.1) is 0 Å². The highest BCUT2D eigenvalue weighted by Crippen LogP contribution is 2.04. The Kier molecular flexibility index (Phi) is 6.69. The zero-order valence-electron chi connectivity index (χ0n) is 11.4. The summed E-state index contributed by atoms with van der Waals surface area (Å²) in [4.78, 5) is 16.1. The monoisotopic (exact) mass is 253 g/mol. The van der Waals surface area contributed by atoms with Crippen molar-refractivity contribution in [3.05, 3.63) is 0 Å². The summed E-state index contributed by atoms with van der Waals surface area (Å²) in [5.74, 6) is 0.131. The van der Waals surface area contributed by atoms with Crippen LogP contribution in [0.1, 0.15) is 20.3 Å². The first kappa shape index (κ1) is 14.9. The van der Waals surface area contributed by atoms with Crippen molar-refractivity contribution in [3.8, 4) is 6.07 Å².